The predicted molar refractivity (Wildman–Crippen MR) is 78.5 cm³/mol. The zero-order valence-corrected chi connectivity index (χ0v) is 11.8. The van der Waals surface area contributed by atoms with E-state index in [9.17, 15) is 4.79 Å². The third-order valence-corrected chi connectivity index (χ3v) is 3.01. The molecule has 2 rings (SSSR count). The van der Waals surface area contributed by atoms with Gasteiger partial charge in [0.15, 0.2) is 0 Å². The lowest BCUT2D eigenvalue weighted by Gasteiger charge is -2.08. The third kappa shape index (κ3) is 3.68. The lowest BCUT2D eigenvalue weighted by atomic mass is 10.1. The maximum absolute atomic E-state index is 11.8. The van der Waals surface area contributed by atoms with E-state index in [1.165, 1.54) is 6.26 Å². The monoisotopic (exact) mass is 273 g/mol. The van der Waals surface area contributed by atoms with E-state index in [1.807, 2.05) is 32.2 Å². The topological polar surface area (TPSA) is 67.2 Å². The first-order valence-electron chi connectivity index (χ1n) is 6.65. The molecule has 0 aliphatic carbocycles. The van der Waals surface area contributed by atoms with Gasteiger partial charge in [0.1, 0.15) is 6.26 Å². The standard InChI is InChI=1S/C15H19N3O2/c1-11-5-6-12(18-14(19)4-3-7-16-2)10-13(11)15-17-8-9-20-15/h5-6,8-10,16H,3-4,7H2,1-2H3,(H,18,19). The molecule has 0 fully saturated rings. The number of carbonyl (C=O) groups excluding carboxylic acids is 1. The smallest absolute Gasteiger partial charge is 0.226 e. The molecule has 1 heterocycles. The van der Waals surface area contributed by atoms with Crippen molar-refractivity contribution in [1.29, 1.82) is 0 Å². The quantitative estimate of drug-likeness (QED) is 0.794. The van der Waals surface area contributed by atoms with Crippen molar-refractivity contribution in [2.45, 2.75) is 19.8 Å². The van der Waals surface area contributed by atoms with Crippen LogP contribution in [0.3, 0.4) is 0 Å². The molecule has 0 aliphatic rings. The van der Waals surface area contributed by atoms with Gasteiger partial charge in [0.05, 0.1) is 6.20 Å². The van der Waals surface area contributed by atoms with Crippen LogP contribution in [0, 0.1) is 6.92 Å². The summed E-state index contributed by atoms with van der Waals surface area (Å²) in [5, 5.41) is 5.92. The van der Waals surface area contributed by atoms with E-state index >= 15 is 0 Å². The van der Waals surface area contributed by atoms with E-state index < -0.39 is 0 Å². The molecule has 0 aliphatic heterocycles. The fraction of sp³-hybridized carbons (Fsp3) is 0.333. The summed E-state index contributed by atoms with van der Waals surface area (Å²) >= 11 is 0. The third-order valence-electron chi connectivity index (χ3n) is 3.01. The van der Waals surface area contributed by atoms with E-state index in [1.54, 1.807) is 6.20 Å². The van der Waals surface area contributed by atoms with Crippen molar-refractivity contribution in [2.75, 3.05) is 18.9 Å². The number of aromatic nitrogens is 1. The Labute approximate surface area is 118 Å². The molecule has 1 aromatic carbocycles. The molecule has 106 valence electrons. The number of oxazole rings is 1. The molecule has 1 amide bonds. The van der Waals surface area contributed by atoms with Crippen LogP contribution in [0.2, 0.25) is 0 Å². The number of carbonyl (C=O) groups is 1. The normalized spacial score (nSPS) is 10.5. The highest BCUT2D eigenvalue weighted by molar-refractivity contribution is 5.91. The Bertz CT molecular complexity index is 565. The molecule has 5 nitrogen and oxygen atoms in total. The van der Waals surface area contributed by atoms with Crippen molar-refractivity contribution in [3.8, 4) is 11.5 Å². The van der Waals surface area contributed by atoms with Crippen LogP contribution in [-0.4, -0.2) is 24.5 Å². The number of hydrogen-bond donors (Lipinski definition) is 2. The van der Waals surface area contributed by atoms with Crippen LogP contribution in [0.25, 0.3) is 11.5 Å². The SMILES string of the molecule is CNCCCC(=O)Nc1ccc(C)c(-c2ncco2)c1. The second-order valence-electron chi connectivity index (χ2n) is 4.62. The van der Waals surface area contributed by atoms with Gasteiger partial charge in [-0.3, -0.25) is 4.79 Å². The first kappa shape index (κ1) is 14.3. The summed E-state index contributed by atoms with van der Waals surface area (Å²) in [6.07, 6.45) is 4.47. The molecule has 5 heteroatoms. The zero-order chi connectivity index (χ0) is 14.4. The highest BCUT2D eigenvalue weighted by Gasteiger charge is 2.09. The van der Waals surface area contributed by atoms with Crippen molar-refractivity contribution in [1.82, 2.24) is 10.3 Å². The van der Waals surface area contributed by atoms with Gasteiger partial charge in [0.2, 0.25) is 11.8 Å². The first-order chi connectivity index (χ1) is 9.70. The molecule has 0 unspecified atom stereocenters. The fourth-order valence-corrected chi connectivity index (χ4v) is 1.94. The Balaban J connectivity index is 2.06. The summed E-state index contributed by atoms with van der Waals surface area (Å²) < 4.78 is 5.31. The lowest BCUT2D eigenvalue weighted by molar-refractivity contribution is -0.116. The Kier molecular flexibility index (Phi) is 4.90. The second-order valence-corrected chi connectivity index (χ2v) is 4.62. The fourth-order valence-electron chi connectivity index (χ4n) is 1.94. The molecule has 0 atom stereocenters. The zero-order valence-electron chi connectivity index (χ0n) is 11.8. The summed E-state index contributed by atoms with van der Waals surface area (Å²) in [6.45, 7) is 2.82. The summed E-state index contributed by atoms with van der Waals surface area (Å²) in [7, 11) is 1.88. The van der Waals surface area contributed by atoms with E-state index in [0.29, 0.717) is 12.3 Å². The van der Waals surface area contributed by atoms with Crippen molar-refractivity contribution < 1.29 is 9.21 Å². The highest BCUT2D eigenvalue weighted by atomic mass is 16.3. The van der Waals surface area contributed by atoms with Gasteiger partial charge in [-0.2, -0.15) is 0 Å². The molecule has 0 saturated carbocycles. The van der Waals surface area contributed by atoms with Crippen LogP contribution in [0.1, 0.15) is 18.4 Å². The Morgan fingerprint density at radius 1 is 1.40 bits per heavy atom. The Morgan fingerprint density at radius 2 is 2.25 bits per heavy atom. The van der Waals surface area contributed by atoms with Crippen LogP contribution in [0.5, 0.6) is 0 Å². The summed E-state index contributed by atoms with van der Waals surface area (Å²) in [5.74, 6) is 0.580. The van der Waals surface area contributed by atoms with Crippen molar-refractivity contribution in [2.24, 2.45) is 0 Å². The number of nitrogens with zero attached hydrogens (tertiary/aromatic N) is 1. The maximum atomic E-state index is 11.8. The molecule has 0 spiro atoms. The number of hydrogen-bond acceptors (Lipinski definition) is 4. The predicted octanol–water partition coefficient (Wildman–Crippen LogP) is 2.59. The number of aryl methyl sites for hydroxylation is 1. The molecular weight excluding hydrogens is 254 g/mol. The summed E-state index contributed by atoms with van der Waals surface area (Å²) in [5.41, 5.74) is 2.71. The number of rotatable bonds is 6. The second kappa shape index (κ2) is 6.86. The number of anilines is 1. The van der Waals surface area contributed by atoms with Crippen molar-refractivity contribution >= 4 is 11.6 Å². The van der Waals surface area contributed by atoms with E-state index in [-0.39, 0.29) is 5.91 Å². The van der Waals surface area contributed by atoms with Gasteiger partial charge in [-0.15, -0.1) is 0 Å². The van der Waals surface area contributed by atoms with Crippen LogP contribution < -0.4 is 10.6 Å². The minimum Gasteiger partial charge on any atom is -0.445 e. The van der Waals surface area contributed by atoms with Gasteiger partial charge < -0.3 is 15.1 Å². The first-order valence-corrected chi connectivity index (χ1v) is 6.65. The van der Waals surface area contributed by atoms with Crippen LogP contribution in [-0.2, 0) is 4.79 Å². The summed E-state index contributed by atoms with van der Waals surface area (Å²) in [4.78, 5) is 15.9. The van der Waals surface area contributed by atoms with Crippen LogP contribution in [0.4, 0.5) is 5.69 Å². The van der Waals surface area contributed by atoms with Crippen LogP contribution >= 0.6 is 0 Å². The average molecular weight is 273 g/mol. The molecule has 2 N–H and O–H groups in total. The average Bonchev–Trinajstić information content (AvgIpc) is 2.95. The minimum absolute atomic E-state index is 0.0162. The molecule has 0 saturated heterocycles. The molecular formula is C15H19N3O2. The number of benzene rings is 1. The van der Waals surface area contributed by atoms with E-state index in [0.717, 1.165) is 29.8 Å². The Morgan fingerprint density at radius 3 is 2.95 bits per heavy atom. The molecule has 0 radical (unpaired) electrons. The Hall–Kier alpha value is -2.14. The van der Waals surface area contributed by atoms with Crippen LogP contribution in [0.15, 0.2) is 35.1 Å². The number of nitrogens with one attached hydrogen (secondary N) is 2. The molecule has 20 heavy (non-hydrogen) atoms. The summed E-state index contributed by atoms with van der Waals surface area (Å²) in [6, 6.07) is 5.72. The van der Waals surface area contributed by atoms with Crippen molar-refractivity contribution in [3.63, 3.8) is 0 Å². The number of amides is 1. The largest absolute Gasteiger partial charge is 0.445 e. The molecule has 2 aromatic rings. The van der Waals surface area contributed by atoms with Gasteiger partial charge in [-0.05, 0) is 44.6 Å². The van der Waals surface area contributed by atoms with Gasteiger partial charge in [-0.25, -0.2) is 4.98 Å². The molecule has 0 bridgehead atoms. The van der Waals surface area contributed by atoms with Gasteiger partial charge in [0, 0.05) is 17.7 Å². The van der Waals surface area contributed by atoms with Gasteiger partial charge in [0.25, 0.3) is 0 Å². The van der Waals surface area contributed by atoms with Gasteiger partial charge in [-0.1, -0.05) is 6.07 Å². The maximum Gasteiger partial charge on any atom is 0.226 e. The van der Waals surface area contributed by atoms with Crippen molar-refractivity contribution in [3.05, 3.63) is 36.2 Å². The lowest BCUT2D eigenvalue weighted by Crippen LogP contribution is -2.15. The van der Waals surface area contributed by atoms with E-state index in [4.69, 9.17) is 4.42 Å². The van der Waals surface area contributed by atoms with E-state index in [2.05, 4.69) is 15.6 Å². The minimum atomic E-state index is 0.0162. The highest BCUT2D eigenvalue weighted by Crippen LogP contribution is 2.25. The molecule has 1 aromatic heterocycles. The van der Waals surface area contributed by atoms with Gasteiger partial charge >= 0.3 is 0 Å².